The highest BCUT2D eigenvalue weighted by molar-refractivity contribution is 6.30. The van der Waals surface area contributed by atoms with E-state index in [1.165, 1.54) is 5.57 Å². The fourth-order valence-electron chi connectivity index (χ4n) is 1.77. The molecule has 0 aliphatic heterocycles. The van der Waals surface area contributed by atoms with E-state index in [1.54, 1.807) is 0 Å². The molecule has 1 radical (unpaired) electrons. The second-order valence-electron chi connectivity index (χ2n) is 4.05. The lowest BCUT2D eigenvalue weighted by molar-refractivity contribution is 0.986. The second-order valence-corrected chi connectivity index (χ2v) is 4.48. The normalized spacial score (nSPS) is 15.1. The maximum atomic E-state index is 5.82. The van der Waals surface area contributed by atoms with Gasteiger partial charge >= 0.3 is 0 Å². The Labute approximate surface area is 107 Å². The molecular formula is C14H16ClN2. The van der Waals surface area contributed by atoms with E-state index in [1.807, 2.05) is 36.8 Å². The largest absolute Gasteiger partial charge is 0.402 e. The minimum absolute atomic E-state index is 0.761. The Morgan fingerprint density at radius 2 is 2.00 bits per heavy atom. The van der Waals surface area contributed by atoms with Crippen molar-refractivity contribution < 1.29 is 0 Å². The van der Waals surface area contributed by atoms with Gasteiger partial charge in [-0.25, -0.2) is 0 Å². The van der Waals surface area contributed by atoms with Gasteiger partial charge < -0.3 is 11.1 Å². The molecule has 0 saturated carbocycles. The summed E-state index contributed by atoms with van der Waals surface area (Å²) < 4.78 is 0. The molecule has 0 spiro atoms. The van der Waals surface area contributed by atoms with Gasteiger partial charge in [-0.2, -0.15) is 0 Å². The number of rotatable bonds is 4. The molecule has 1 aromatic rings. The molecule has 0 amide bonds. The summed E-state index contributed by atoms with van der Waals surface area (Å²) in [5.74, 6) is 0. The average molecular weight is 248 g/mol. The van der Waals surface area contributed by atoms with Gasteiger partial charge in [0.2, 0.25) is 0 Å². The number of anilines is 1. The molecule has 2 nitrogen and oxygen atoms in total. The highest BCUT2D eigenvalue weighted by Crippen LogP contribution is 2.17. The summed E-state index contributed by atoms with van der Waals surface area (Å²) in [6.07, 6.45) is 8.19. The van der Waals surface area contributed by atoms with Gasteiger partial charge in [-0.05, 0) is 48.8 Å². The summed E-state index contributed by atoms with van der Waals surface area (Å²) in [5, 5.41) is 4.12. The first kappa shape index (κ1) is 12.1. The van der Waals surface area contributed by atoms with Crippen molar-refractivity contribution in [2.24, 2.45) is 5.73 Å². The molecule has 0 aromatic heterocycles. The Morgan fingerprint density at radius 3 is 2.71 bits per heavy atom. The average Bonchev–Trinajstić information content (AvgIpc) is 2.32. The van der Waals surface area contributed by atoms with Crippen molar-refractivity contribution in [1.82, 2.24) is 0 Å². The van der Waals surface area contributed by atoms with Crippen LogP contribution in [0.3, 0.4) is 0 Å². The summed E-state index contributed by atoms with van der Waals surface area (Å²) in [5.41, 5.74) is 9.01. The molecule has 3 heteroatoms. The summed E-state index contributed by atoms with van der Waals surface area (Å²) in [4.78, 5) is 0. The number of hydrogen-bond acceptors (Lipinski definition) is 2. The minimum atomic E-state index is 0.761. The molecule has 0 atom stereocenters. The van der Waals surface area contributed by atoms with Crippen LogP contribution in [-0.2, 0) is 0 Å². The topological polar surface area (TPSA) is 38.0 Å². The minimum Gasteiger partial charge on any atom is -0.402 e. The lowest BCUT2D eigenvalue weighted by atomic mass is 10.0. The van der Waals surface area contributed by atoms with Crippen molar-refractivity contribution in [2.45, 2.75) is 12.8 Å². The van der Waals surface area contributed by atoms with E-state index in [4.69, 9.17) is 17.3 Å². The van der Waals surface area contributed by atoms with E-state index >= 15 is 0 Å². The maximum Gasteiger partial charge on any atom is 0.0407 e. The fourth-order valence-corrected chi connectivity index (χ4v) is 1.90. The van der Waals surface area contributed by atoms with Crippen LogP contribution in [0.25, 0.3) is 0 Å². The first-order valence-corrected chi connectivity index (χ1v) is 6.11. The van der Waals surface area contributed by atoms with Crippen molar-refractivity contribution in [2.75, 3.05) is 11.9 Å². The third-order valence-corrected chi connectivity index (χ3v) is 2.92. The van der Waals surface area contributed by atoms with Crippen molar-refractivity contribution in [3.63, 3.8) is 0 Å². The zero-order chi connectivity index (χ0) is 12.1. The van der Waals surface area contributed by atoms with Crippen LogP contribution >= 0.6 is 11.6 Å². The van der Waals surface area contributed by atoms with Crippen LogP contribution in [0.15, 0.2) is 47.7 Å². The first-order chi connectivity index (χ1) is 8.24. The highest BCUT2D eigenvalue weighted by atomic mass is 35.5. The van der Waals surface area contributed by atoms with Crippen LogP contribution in [0.4, 0.5) is 5.69 Å². The summed E-state index contributed by atoms with van der Waals surface area (Å²) in [7, 11) is 0. The van der Waals surface area contributed by atoms with Gasteiger partial charge in [-0.1, -0.05) is 17.7 Å². The molecule has 1 aliphatic carbocycles. The van der Waals surface area contributed by atoms with Crippen LogP contribution in [-0.4, -0.2) is 6.54 Å². The van der Waals surface area contributed by atoms with Crippen molar-refractivity contribution >= 4 is 17.3 Å². The van der Waals surface area contributed by atoms with Crippen LogP contribution in [0.2, 0.25) is 5.02 Å². The van der Waals surface area contributed by atoms with Gasteiger partial charge in [-0.15, -0.1) is 0 Å². The molecule has 1 aromatic carbocycles. The van der Waals surface area contributed by atoms with E-state index in [-0.39, 0.29) is 0 Å². The molecule has 17 heavy (non-hydrogen) atoms. The number of halogens is 1. The van der Waals surface area contributed by atoms with Crippen LogP contribution in [0.5, 0.6) is 0 Å². The lowest BCUT2D eigenvalue weighted by Crippen LogP contribution is -2.06. The first-order valence-electron chi connectivity index (χ1n) is 5.73. The SMILES string of the molecule is NC1=CC(CCNc2ccc(Cl)cc2)=CC[CH]1. The van der Waals surface area contributed by atoms with Crippen LogP contribution in [0.1, 0.15) is 12.8 Å². The Morgan fingerprint density at radius 1 is 1.24 bits per heavy atom. The predicted octanol–water partition coefficient (Wildman–Crippen LogP) is 3.52. The van der Waals surface area contributed by atoms with E-state index in [0.29, 0.717) is 0 Å². The number of nitrogens with one attached hydrogen (secondary N) is 1. The second kappa shape index (κ2) is 5.78. The predicted molar refractivity (Wildman–Crippen MR) is 73.8 cm³/mol. The van der Waals surface area contributed by atoms with Crippen molar-refractivity contribution in [3.8, 4) is 0 Å². The van der Waals surface area contributed by atoms with Gasteiger partial charge in [0, 0.05) is 29.4 Å². The quantitative estimate of drug-likeness (QED) is 0.854. The molecular weight excluding hydrogens is 232 g/mol. The summed E-state index contributed by atoms with van der Waals surface area (Å²) >= 11 is 5.82. The fraction of sp³-hybridized carbons (Fsp3) is 0.214. The van der Waals surface area contributed by atoms with Crippen molar-refractivity contribution in [1.29, 1.82) is 0 Å². The Hall–Kier alpha value is -1.41. The molecule has 3 N–H and O–H groups in total. The van der Waals surface area contributed by atoms with E-state index in [0.717, 1.165) is 35.8 Å². The molecule has 0 bridgehead atoms. The Bertz CT molecular complexity index is 432. The molecule has 0 unspecified atom stereocenters. The molecule has 0 fully saturated rings. The van der Waals surface area contributed by atoms with Gasteiger partial charge in [-0.3, -0.25) is 0 Å². The third-order valence-electron chi connectivity index (χ3n) is 2.67. The highest BCUT2D eigenvalue weighted by Gasteiger charge is 2.02. The van der Waals surface area contributed by atoms with Gasteiger partial charge in [0.15, 0.2) is 0 Å². The molecule has 0 saturated heterocycles. The third kappa shape index (κ3) is 3.82. The summed E-state index contributed by atoms with van der Waals surface area (Å²) in [6, 6.07) is 7.73. The number of nitrogens with two attached hydrogens (primary N) is 1. The van der Waals surface area contributed by atoms with Gasteiger partial charge in [0.05, 0.1) is 0 Å². The van der Waals surface area contributed by atoms with Gasteiger partial charge in [0.1, 0.15) is 0 Å². The lowest BCUT2D eigenvalue weighted by Gasteiger charge is -2.11. The van der Waals surface area contributed by atoms with Gasteiger partial charge in [0.25, 0.3) is 0 Å². The standard InChI is InChI=1S/C14H16ClN2/c15-12-4-6-14(7-5-12)17-9-8-11-2-1-3-13(16)10-11/h2-7,10,17H,1,8-9,16H2. The molecule has 89 valence electrons. The molecule has 1 aliphatic rings. The summed E-state index contributed by atoms with van der Waals surface area (Å²) in [6.45, 7) is 0.900. The van der Waals surface area contributed by atoms with Crippen molar-refractivity contribution in [3.05, 3.63) is 59.1 Å². The van der Waals surface area contributed by atoms with E-state index in [2.05, 4.69) is 11.4 Å². The Balaban J connectivity index is 1.80. The number of allylic oxidation sites excluding steroid dienone is 3. The zero-order valence-electron chi connectivity index (χ0n) is 9.62. The Kier molecular flexibility index (Phi) is 4.10. The van der Waals surface area contributed by atoms with Crippen LogP contribution in [0, 0.1) is 6.42 Å². The van der Waals surface area contributed by atoms with E-state index in [9.17, 15) is 0 Å². The number of benzene rings is 1. The monoisotopic (exact) mass is 247 g/mol. The zero-order valence-corrected chi connectivity index (χ0v) is 10.4. The van der Waals surface area contributed by atoms with E-state index < -0.39 is 0 Å². The smallest absolute Gasteiger partial charge is 0.0407 e. The molecule has 0 heterocycles. The van der Waals surface area contributed by atoms with Crippen LogP contribution < -0.4 is 11.1 Å². The molecule has 2 rings (SSSR count). The maximum absolute atomic E-state index is 5.82. The number of hydrogen-bond donors (Lipinski definition) is 2.